The van der Waals surface area contributed by atoms with Crippen molar-refractivity contribution in [2.45, 2.75) is 12.5 Å². The van der Waals surface area contributed by atoms with E-state index in [0.717, 1.165) is 10.9 Å². The number of nitrogens with one attached hydrogen (secondary N) is 2. The van der Waals surface area contributed by atoms with Crippen LogP contribution in [-0.4, -0.2) is 45.4 Å². The number of aromatic nitrogens is 2. The number of hydrogen-bond donors (Lipinski definition) is 2. The zero-order valence-corrected chi connectivity index (χ0v) is 18.4. The highest BCUT2D eigenvalue weighted by molar-refractivity contribution is 6.35. The molecular weight excluding hydrogens is 440 g/mol. The number of fused-ring (bicyclic) bond motifs is 1. The first-order chi connectivity index (χ1) is 16.0. The van der Waals surface area contributed by atoms with E-state index in [2.05, 4.69) is 10.3 Å². The second kappa shape index (κ2) is 8.60. The molecule has 5 rings (SSSR count). The van der Waals surface area contributed by atoms with E-state index in [1.807, 2.05) is 6.07 Å². The number of nitrogens with zero attached hydrogens (tertiary/aromatic N) is 2. The Balaban J connectivity index is 1.22. The predicted molar refractivity (Wildman–Crippen MR) is 127 cm³/mol. The first-order valence-electron chi connectivity index (χ1n) is 10.6. The van der Waals surface area contributed by atoms with Gasteiger partial charge in [0.25, 0.3) is 17.4 Å². The fraction of sp³-hybridized carbons (Fsp3) is 0.160. The molecule has 0 aliphatic carbocycles. The van der Waals surface area contributed by atoms with E-state index >= 15 is 0 Å². The Morgan fingerprint density at radius 3 is 2.61 bits per heavy atom. The van der Waals surface area contributed by atoms with Crippen LogP contribution in [0.3, 0.4) is 0 Å². The molecule has 0 spiro atoms. The van der Waals surface area contributed by atoms with Crippen molar-refractivity contribution in [3.8, 4) is 5.69 Å². The molecule has 33 heavy (non-hydrogen) atoms. The van der Waals surface area contributed by atoms with Gasteiger partial charge in [-0.25, -0.2) is 0 Å². The van der Waals surface area contributed by atoms with Gasteiger partial charge in [0.2, 0.25) is 0 Å². The van der Waals surface area contributed by atoms with Crippen LogP contribution in [0, 0.1) is 0 Å². The molecule has 0 saturated carbocycles. The Morgan fingerprint density at radius 1 is 1.03 bits per heavy atom. The fourth-order valence-electron chi connectivity index (χ4n) is 4.15. The van der Waals surface area contributed by atoms with Gasteiger partial charge in [-0.1, -0.05) is 23.7 Å². The zero-order chi connectivity index (χ0) is 22.9. The molecule has 8 heteroatoms. The molecular formula is C25H21ClN4O3. The number of hydrogen-bond acceptors (Lipinski definition) is 3. The van der Waals surface area contributed by atoms with Crippen LogP contribution in [0.2, 0.25) is 5.02 Å². The number of likely N-dealkylation sites (tertiary alicyclic amines) is 1. The third kappa shape index (κ3) is 4.15. The average molecular weight is 461 g/mol. The van der Waals surface area contributed by atoms with Crippen LogP contribution in [0.5, 0.6) is 0 Å². The molecule has 1 aliphatic rings. The molecule has 2 aromatic heterocycles. The molecule has 4 aromatic rings. The molecule has 3 heterocycles. The normalized spacial score (nSPS) is 15.7. The molecule has 1 unspecified atom stereocenters. The summed E-state index contributed by atoms with van der Waals surface area (Å²) in [6.45, 7) is 1.02. The highest BCUT2D eigenvalue weighted by Crippen LogP contribution is 2.25. The van der Waals surface area contributed by atoms with Crippen LogP contribution in [0.4, 0.5) is 0 Å². The maximum absolute atomic E-state index is 12.9. The van der Waals surface area contributed by atoms with Crippen molar-refractivity contribution in [2.24, 2.45) is 0 Å². The number of benzene rings is 2. The molecule has 0 bridgehead atoms. The molecule has 2 N–H and O–H groups in total. The zero-order valence-electron chi connectivity index (χ0n) is 17.6. The fourth-order valence-corrected chi connectivity index (χ4v) is 4.37. The van der Waals surface area contributed by atoms with Gasteiger partial charge >= 0.3 is 0 Å². The Kier molecular flexibility index (Phi) is 5.48. The van der Waals surface area contributed by atoms with Crippen molar-refractivity contribution in [2.75, 3.05) is 13.1 Å². The minimum atomic E-state index is -0.205. The first-order valence-corrected chi connectivity index (χ1v) is 11.0. The van der Waals surface area contributed by atoms with E-state index in [-0.39, 0.29) is 23.4 Å². The van der Waals surface area contributed by atoms with Crippen molar-refractivity contribution < 1.29 is 9.59 Å². The summed E-state index contributed by atoms with van der Waals surface area (Å²) in [4.78, 5) is 42.4. The Bertz CT molecular complexity index is 1410. The number of aromatic amines is 1. The van der Waals surface area contributed by atoms with Crippen molar-refractivity contribution in [1.29, 1.82) is 0 Å². The van der Waals surface area contributed by atoms with Crippen LogP contribution in [-0.2, 0) is 0 Å². The minimum absolute atomic E-state index is 0.0722. The van der Waals surface area contributed by atoms with Crippen molar-refractivity contribution >= 4 is 34.3 Å². The number of halogens is 1. The van der Waals surface area contributed by atoms with Gasteiger partial charge in [-0.05, 0) is 48.9 Å². The number of carbonyl (C=O) groups is 2. The van der Waals surface area contributed by atoms with Crippen molar-refractivity contribution in [3.05, 3.63) is 99.6 Å². The summed E-state index contributed by atoms with van der Waals surface area (Å²) < 4.78 is 1.51. The third-order valence-corrected chi connectivity index (χ3v) is 6.23. The number of rotatable bonds is 4. The van der Waals surface area contributed by atoms with Gasteiger partial charge in [-0.3, -0.25) is 19.0 Å². The lowest BCUT2D eigenvalue weighted by molar-refractivity contribution is 0.0783. The second-order valence-corrected chi connectivity index (χ2v) is 8.47. The SMILES string of the molecule is O=C(NC1CCN(C(=O)c2ccc3c(Cl)c[nH]c3c2)C1)c1ccc(-n2ccccc2=O)cc1. The lowest BCUT2D eigenvalue weighted by Gasteiger charge is -2.17. The topological polar surface area (TPSA) is 87.2 Å². The van der Waals surface area contributed by atoms with Crippen LogP contribution in [0.25, 0.3) is 16.6 Å². The summed E-state index contributed by atoms with van der Waals surface area (Å²) in [5.41, 5.74) is 2.46. The van der Waals surface area contributed by atoms with E-state index in [4.69, 9.17) is 11.6 Å². The molecule has 2 aromatic carbocycles. The van der Waals surface area contributed by atoms with Crippen LogP contribution in [0.15, 0.2) is 77.9 Å². The quantitative estimate of drug-likeness (QED) is 0.487. The summed E-state index contributed by atoms with van der Waals surface area (Å²) in [5.74, 6) is -0.277. The maximum Gasteiger partial charge on any atom is 0.255 e. The average Bonchev–Trinajstić information content (AvgIpc) is 3.45. The molecule has 2 amide bonds. The van der Waals surface area contributed by atoms with Gasteiger partial charge in [0.15, 0.2) is 0 Å². The Labute approximate surface area is 194 Å². The highest BCUT2D eigenvalue weighted by atomic mass is 35.5. The van der Waals surface area contributed by atoms with Crippen LogP contribution >= 0.6 is 11.6 Å². The summed E-state index contributed by atoms with van der Waals surface area (Å²) in [6.07, 6.45) is 4.07. The van der Waals surface area contributed by atoms with E-state index in [1.165, 1.54) is 10.6 Å². The molecule has 0 radical (unpaired) electrons. The first kappa shape index (κ1) is 21.0. The van der Waals surface area contributed by atoms with Gasteiger partial charge in [0.05, 0.1) is 5.02 Å². The number of carbonyl (C=O) groups excluding carboxylic acids is 2. The van der Waals surface area contributed by atoms with Crippen molar-refractivity contribution in [1.82, 2.24) is 19.8 Å². The van der Waals surface area contributed by atoms with Gasteiger partial charge < -0.3 is 15.2 Å². The molecule has 7 nitrogen and oxygen atoms in total. The van der Waals surface area contributed by atoms with Crippen LogP contribution in [0.1, 0.15) is 27.1 Å². The molecule has 1 saturated heterocycles. The smallest absolute Gasteiger partial charge is 0.255 e. The van der Waals surface area contributed by atoms with Gasteiger partial charge in [0, 0.05) is 65.3 Å². The lowest BCUT2D eigenvalue weighted by Crippen LogP contribution is -2.38. The van der Waals surface area contributed by atoms with Crippen molar-refractivity contribution in [3.63, 3.8) is 0 Å². The van der Waals surface area contributed by atoms with Gasteiger partial charge in [-0.2, -0.15) is 0 Å². The van der Waals surface area contributed by atoms with E-state index in [9.17, 15) is 14.4 Å². The number of pyridine rings is 1. The number of H-pyrrole nitrogens is 1. The van der Waals surface area contributed by atoms with E-state index in [0.29, 0.717) is 41.3 Å². The molecule has 1 aliphatic heterocycles. The Hall–Kier alpha value is -3.84. The summed E-state index contributed by atoms with van der Waals surface area (Å²) in [5, 5.41) is 4.51. The monoisotopic (exact) mass is 460 g/mol. The van der Waals surface area contributed by atoms with E-state index < -0.39 is 0 Å². The molecule has 1 fully saturated rings. The summed E-state index contributed by atoms with van der Waals surface area (Å²) in [7, 11) is 0. The summed E-state index contributed by atoms with van der Waals surface area (Å²) in [6, 6.07) is 17.1. The van der Waals surface area contributed by atoms with Gasteiger partial charge in [0.1, 0.15) is 0 Å². The second-order valence-electron chi connectivity index (χ2n) is 8.06. The molecule has 166 valence electrons. The van der Waals surface area contributed by atoms with Crippen LogP contribution < -0.4 is 10.9 Å². The third-order valence-electron chi connectivity index (χ3n) is 5.92. The lowest BCUT2D eigenvalue weighted by atomic mass is 10.1. The standard InChI is InChI=1S/C25H21ClN4O3/c26-21-14-27-22-13-17(6-9-20(21)22)25(33)29-12-10-18(15-29)28-24(32)16-4-7-19(8-5-16)30-11-2-1-3-23(30)31/h1-9,11,13-14,18,27H,10,12,15H2,(H,28,32). The van der Waals surface area contributed by atoms with Gasteiger partial charge in [-0.15, -0.1) is 0 Å². The molecule has 1 atom stereocenters. The summed E-state index contributed by atoms with van der Waals surface area (Å²) >= 11 is 6.11. The van der Waals surface area contributed by atoms with E-state index in [1.54, 1.807) is 65.8 Å². The highest BCUT2D eigenvalue weighted by Gasteiger charge is 2.28. The minimum Gasteiger partial charge on any atom is -0.360 e. The Morgan fingerprint density at radius 2 is 1.82 bits per heavy atom. The maximum atomic E-state index is 12.9. The number of amides is 2. The predicted octanol–water partition coefficient (Wildman–Crippen LogP) is 3.62. The largest absolute Gasteiger partial charge is 0.360 e.